The van der Waals surface area contributed by atoms with Crippen LogP contribution in [0.2, 0.25) is 0 Å². The zero-order valence-corrected chi connectivity index (χ0v) is 14.2. The van der Waals surface area contributed by atoms with Crippen molar-refractivity contribution < 1.29 is 32.6 Å². The maximum Gasteiger partial charge on any atom is 0.573 e. The first-order valence-electron chi connectivity index (χ1n) is 8.06. The van der Waals surface area contributed by atoms with E-state index in [1.807, 2.05) is 11.9 Å². The van der Waals surface area contributed by atoms with Crippen molar-refractivity contribution in [2.24, 2.45) is 0 Å². The van der Waals surface area contributed by atoms with Crippen LogP contribution in [0.4, 0.5) is 13.2 Å². The maximum atomic E-state index is 12.9. The van der Waals surface area contributed by atoms with Gasteiger partial charge in [0, 0.05) is 30.1 Å². The van der Waals surface area contributed by atoms with E-state index in [1.165, 1.54) is 18.2 Å². The average molecular weight is 386 g/mol. The Balaban J connectivity index is 0.000000659. The lowest BCUT2D eigenvalue weighted by atomic mass is 10.0. The van der Waals surface area contributed by atoms with Crippen molar-refractivity contribution in [3.63, 3.8) is 0 Å². The van der Waals surface area contributed by atoms with Crippen LogP contribution in [0.1, 0.15) is 16.9 Å². The lowest BCUT2D eigenvalue weighted by Gasteiger charge is -2.30. The molecule has 1 aromatic heterocycles. The van der Waals surface area contributed by atoms with Crippen molar-refractivity contribution in [1.82, 2.24) is 20.4 Å². The molecule has 2 aromatic rings. The Hall–Kier alpha value is -2.66. The van der Waals surface area contributed by atoms with Crippen LogP contribution in [-0.2, 0) is 4.79 Å². The Labute approximate surface area is 151 Å². The van der Waals surface area contributed by atoms with Gasteiger partial charge in [0.25, 0.3) is 6.47 Å². The summed E-state index contributed by atoms with van der Waals surface area (Å²) in [6.07, 6.45) is -3.84. The van der Waals surface area contributed by atoms with Crippen molar-refractivity contribution in [3.8, 4) is 5.75 Å². The minimum Gasteiger partial charge on any atom is -0.483 e. The first kappa shape index (κ1) is 19.1. The second-order valence-corrected chi connectivity index (χ2v) is 6.31. The largest absolute Gasteiger partial charge is 0.573 e. The second-order valence-electron chi connectivity index (χ2n) is 6.31. The van der Waals surface area contributed by atoms with E-state index in [1.54, 1.807) is 0 Å². The third-order valence-electron chi connectivity index (χ3n) is 4.81. The van der Waals surface area contributed by atoms with E-state index >= 15 is 0 Å². The number of alkyl halides is 3. The van der Waals surface area contributed by atoms with Gasteiger partial charge < -0.3 is 15.2 Å². The predicted molar refractivity (Wildman–Crippen MR) is 87.5 cm³/mol. The molecule has 3 atom stereocenters. The summed E-state index contributed by atoms with van der Waals surface area (Å²) in [5.41, 5.74) is 0.577. The number of nitrogens with one attached hydrogen (secondary N) is 2. The SMILES string of the molecule is CN1C(C(=O)c2n[nH]c3cc(OC(F)(F)F)ccc23)[C@@H]2C[C@@H]1CN2.O=CO. The van der Waals surface area contributed by atoms with Gasteiger partial charge in [0.15, 0.2) is 0 Å². The molecule has 1 aromatic carbocycles. The number of carbonyl (C=O) groups is 2. The Bertz CT molecular complexity index is 852. The standard InChI is InChI=1S/C15H15F3N4O2.CH2O2/c1-22-7-4-11(19-6-7)13(22)14(23)12-9-3-2-8(24-15(16,17)18)5-10(9)20-21-12;2-1-3/h2-3,5,7,11,13,19H,4,6H2,1H3,(H,20,21);1H,(H,2,3)/t7-,11+,13?;/m1./s1. The molecule has 11 heteroatoms. The summed E-state index contributed by atoms with van der Waals surface area (Å²) in [4.78, 5) is 23.3. The molecule has 146 valence electrons. The number of hydrogen-bond donors (Lipinski definition) is 3. The Morgan fingerprint density at radius 2 is 2.15 bits per heavy atom. The number of likely N-dealkylation sites (N-methyl/N-ethyl adjacent to an activating group) is 1. The lowest BCUT2D eigenvalue weighted by molar-refractivity contribution is -0.274. The Kier molecular flexibility index (Phi) is 5.07. The van der Waals surface area contributed by atoms with E-state index in [0.717, 1.165) is 13.0 Å². The van der Waals surface area contributed by atoms with E-state index < -0.39 is 6.36 Å². The van der Waals surface area contributed by atoms with E-state index in [0.29, 0.717) is 16.9 Å². The number of hydrogen-bond acceptors (Lipinski definition) is 6. The molecule has 0 spiro atoms. The number of nitrogens with zero attached hydrogens (tertiary/aromatic N) is 2. The van der Waals surface area contributed by atoms with Gasteiger partial charge in [-0.15, -0.1) is 13.2 Å². The number of H-pyrrole nitrogens is 1. The van der Waals surface area contributed by atoms with Gasteiger partial charge in [-0.05, 0) is 25.6 Å². The first-order chi connectivity index (χ1) is 12.7. The summed E-state index contributed by atoms with van der Waals surface area (Å²) in [6.45, 7) is 0.615. The summed E-state index contributed by atoms with van der Waals surface area (Å²) >= 11 is 0. The number of Topliss-reactive ketones (excluding diaryl/α,β-unsaturated/α-hetero) is 1. The molecule has 2 saturated heterocycles. The smallest absolute Gasteiger partial charge is 0.483 e. The van der Waals surface area contributed by atoms with Gasteiger partial charge >= 0.3 is 6.36 Å². The highest BCUT2D eigenvalue weighted by molar-refractivity contribution is 6.09. The van der Waals surface area contributed by atoms with Crippen LogP contribution >= 0.6 is 0 Å². The van der Waals surface area contributed by atoms with Crippen LogP contribution in [-0.4, -0.2) is 70.5 Å². The van der Waals surface area contributed by atoms with Crippen LogP contribution < -0.4 is 10.1 Å². The second kappa shape index (κ2) is 7.16. The fraction of sp³-hybridized carbons (Fsp3) is 0.438. The zero-order valence-electron chi connectivity index (χ0n) is 14.2. The Morgan fingerprint density at radius 3 is 2.74 bits per heavy atom. The topological polar surface area (TPSA) is 108 Å². The molecule has 0 saturated carbocycles. The number of ether oxygens (including phenoxy) is 1. The number of rotatable bonds is 3. The van der Waals surface area contributed by atoms with Gasteiger partial charge in [0.05, 0.1) is 11.6 Å². The van der Waals surface area contributed by atoms with Crippen molar-refractivity contribution in [1.29, 1.82) is 0 Å². The van der Waals surface area contributed by atoms with Crippen molar-refractivity contribution in [2.75, 3.05) is 13.6 Å². The number of carboxylic acid groups (broad SMARTS) is 1. The van der Waals surface area contributed by atoms with Gasteiger partial charge in [0.2, 0.25) is 5.78 Å². The molecule has 27 heavy (non-hydrogen) atoms. The molecule has 2 fully saturated rings. The molecule has 2 aliphatic heterocycles. The van der Waals surface area contributed by atoms with Crippen LogP contribution in [0, 0.1) is 0 Å². The summed E-state index contributed by atoms with van der Waals surface area (Å²) in [7, 11) is 1.91. The third-order valence-corrected chi connectivity index (χ3v) is 4.81. The summed E-state index contributed by atoms with van der Waals surface area (Å²) in [5, 5.41) is 17.3. The highest BCUT2D eigenvalue weighted by Gasteiger charge is 2.48. The number of fused-ring (bicyclic) bond motifs is 3. The highest BCUT2D eigenvalue weighted by Crippen LogP contribution is 2.32. The molecule has 0 aliphatic carbocycles. The molecule has 0 amide bonds. The first-order valence-corrected chi connectivity index (χ1v) is 8.06. The number of ketones is 1. The number of aromatic amines is 1. The monoisotopic (exact) mass is 386 g/mol. The van der Waals surface area contributed by atoms with Crippen LogP contribution in [0.3, 0.4) is 0 Å². The molecule has 0 radical (unpaired) electrons. The van der Waals surface area contributed by atoms with Gasteiger partial charge in [-0.3, -0.25) is 19.6 Å². The number of piperazine rings is 1. The quantitative estimate of drug-likeness (QED) is 0.540. The number of carbonyl (C=O) groups excluding carboxylic acids is 1. The normalized spacial score (nSPS) is 24.5. The number of halogens is 3. The molecule has 3 heterocycles. The lowest BCUT2D eigenvalue weighted by Crippen LogP contribution is -2.53. The molecular formula is C16H17F3N4O4. The minimum atomic E-state index is -4.76. The third kappa shape index (κ3) is 3.74. The van der Waals surface area contributed by atoms with Crippen LogP contribution in [0.25, 0.3) is 10.9 Å². The Morgan fingerprint density at radius 1 is 1.44 bits per heavy atom. The molecule has 3 N–H and O–H groups in total. The molecule has 1 unspecified atom stereocenters. The summed E-state index contributed by atoms with van der Waals surface area (Å²) in [6, 6.07) is 3.92. The van der Waals surface area contributed by atoms with Crippen LogP contribution in [0.5, 0.6) is 5.75 Å². The van der Waals surface area contributed by atoms with E-state index in [-0.39, 0.29) is 35.8 Å². The molecule has 2 aliphatic rings. The zero-order chi connectivity index (χ0) is 19.8. The average Bonchev–Trinajstić information content (AvgIpc) is 3.27. The molecular weight excluding hydrogens is 369 g/mol. The minimum absolute atomic E-state index is 0.0899. The van der Waals surface area contributed by atoms with Gasteiger partial charge in [0.1, 0.15) is 11.4 Å². The summed E-state index contributed by atoms with van der Waals surface area (Å²) in [5.74, 6) is -0.482. The molecule has 4 rings (SSSR count). The fourth-order valence-corrected chi connectivity index (χ4v) is 3.70. The van der Waals surface area contributed by atoms with E-state index in [9.17, 15) is 18.0 Å². The number of aromatic nitrogens is 2. The number of benzene rings is 1. The van der Waals surface area contributed by atoms with Crippen LogP contribution in [0.15, 0.2) is 18.2 Å². The summed E-state index contributed by atoms with van der Waals surface area (Å²) < 4.78 is 40.8. The van der Waals surface area contributed by atoms with Crippen molar-refractivity contribution >= 4 is 23.2 Å². The van der Waals surface area contributed by atoms with Crippen molar-refractivity contribution in [2.45, 2.75) is 30.9 Å². The van der Waals surface area contributed by atoms with E-state index in [4.69, 9.17) is 9.90 Å². The van der Waals surface area contributed by atoms with Crippen molar-refractivity contribution in [3.05, 3.63) is 23.9 Å². The highest BCUT2D eigenvalue weighted by atomic mass is 19.4. The fourth-order valence-electron chi connectivity index (χ4n) is 3.70. The maximum absolute atomic E-state index is 12.9. The molecule has 2 bridgehead atoms. The van der Waals surface area contributed by atoms with Gasteiger partial charge in [-0.2, -0.15) is 5.10 Å². The van der Waals surface area contributed by atoms with E-state index in [2.05, 4.69) is 20.3 Å². The van der Waals surface area contributed by atoms with Gasteiger partial charge in [-0.25, -0.2) is 0 Å². The molecule has 8 nitrogen and oxygen atoms in total. The predicted octanol–water partition coefficient (Wildman–Crippen LogP) is 1.39. The number of likely N-dealkylation sites (tertiary alicyclic amines) is 1. The van der Waals surface area contributed by atoms with Gasteiger partial charge in [-0.1, -0.05) is 0 Å².